The van der Waals surface area contributed by atoms with Crippen LogP contribution >= 0.6 is 0 Å². The van der Waals surface area contributed by atoms with E-state index in [0.29, 0.717) is 6.61 Å². The maximum absolute atomic E-state index is 10.4. The normalized spacial score (nSPS) is 28.4. The van der Waals surface area contributed by atoms with Crippen molar-refractivity contribution in [3.63, 3.8) is 0 Å². The lowest BCUT2D eigenvalue weighted by Gasteiger charge is -1.97. The molecule has 2 atom stereocenters. The Hall–Kier alpha value is -0.830. The Morgan fingerprint density at radius 1 is 1.73 bits per heavy atom. The Balaban J connectivity index is 2.21. The average molecular weight is 156 g/mol. The smallest absolute Gasteiger partial charge is 0.302 e. The van der Waals surface area contributed by atoms with Gasteiger partial charge >= 0.3 is 5.97 Å². The molecule has 0 aromatic rings. The predicted octanol–water partition coefficient (Wildman–Crippen LogP) is 0.344. The maximum atomic E-state index is 10.4. The summed E-state index contributed by atoms with van der Waals surface area (Å²) in [6.07, 6.45) is 0. The number of aliphatic hydroxyl groups excluding tert-OH is 1. The molecule has 1 fully saturated rings. The first kappa shape index (κ1) is 8.27. The Bertz CT molecular complexity index is 186. The van der Waals surface area contributed by atoms with Crippen molar-refractivity contribution in [2.75, 3.05) is 13.2 Å². The fourth-order valence-electron chi connectivity index (χ4n) is 1.12. The van der Waals surface area contributed by atoms with Gasteiger partial charge in [0.05, 0.1) is 13.2 Å². The zero-order valence-corrected chi connectivity index (χ0v) is 6.54. The van der Waals surface area contributed by atoms with E-state index in [1.54, 1.807) is 0 Å². The van der Waals surface area contributed by atoms with Gasteiger partial charge in [0.2, 0.25) is 0 Å². The van der Waals surface area contributed by atoms with E-state index in [4.69, 9.17) is 9.84 Å². The minimum atomic E-state index is -0.276. The molecule has 0 aromatic carbocycles. The molecule has 11 heavy (non-hydrogen) atoms. The Morgan fingerprint density at radius 2 is 2.36 bits per heavy atom. The lowest BCUT2D eigenvalue weighted by Crippen LogP contribution is -2.04. The van der Waals surface area contributed by atoms with Gasteiger partial charge in [-0.1, -0.05) is 12.2 Å². The maximum Gasteiger partial charge on any atom is 0.302 e. The molecule has 1 aliphatic rings. The van der Waals surface area contributed by atoms with Crippen LogP contribution in [0, 0.1) is 11.8 Å². The molecule has 0 amide bonds. The molecule has 1 rings (SSSR count). The second-order valence-corrected chi connectivity index (χ2v) is 2.77. The van der Waals surface area contributed by atoms with Gasteiger partial charge in [-0.3, -0.25) is 4.79 Å². The van der Waals surface area contributed by atoms with E-state index >= 15 is 0 Å². The van der Waals surface area contributed by atoms with Crippen LogP contribution in [0.25, 0.3) is 0 Å². The molecular weight excluding hydrogens is 144 g/mol. The first-order valence-electron chi connectivity index (χ1n) is 3.59. The van der Waals surface area contributed by atoms with E-state index < -0.39 is 0 Å². The molecule has 0 saturated heterocycles. The summed E-state index contributed by atoms with van der Waals surface area (Å²) >= 11 is 0. The monoisotopic (exact) mass is 156 g/mol. The van der Waals surface area contributed by atoms with Gasteiger partial charge in [0.1, 0.15) is 0 Å². The zero-order valence-electron chi connectivity index (χ0n) is 6.54. The molecule has 0 unspecified atom stereocenters. The van der Waals surface area contributed by atoms with Crippen molar-refractivity contribution in [2.45, 2.75) is 6.92 Å². The van der Waals surface area contributed by atoms with E-state index in [-0.39, 0.29) is 24.4 Å². The van der Waals surface area contributed by atoms with Crippen molar-refractivity contribution in [2.24, 2.45) is 11.8 Å². The number of hydrogen-bond acceptors (Lipinski definition) is 3. The first-order chi connectivity index (χ1) is 5.16. The number of esters is 1. The molecule has 0 aliphatic heterocycles. The molecule has 3 nitrogen and oxygen atoms in total. The lowest BCUT2D eigenvalue weighted by molar-refractivity contribution is -0.141. The van der Waals surface area contributed by atoms with Gasteiger partial charge < -0.3 is 9.84 Å². The molecule has 1 aliphatic carbocycles. The van der Waals surface area contributed by atoms with Crippen LogP contribution < -0.4 is 0 Å². The highest BCUT2D eigenvalue weighted by Gasteiger charge is 2.42. The Labute approximate surface area is 65.7 Å². The highest BCUT2D eigenvalue weighted by molar-refractivity contribution is 5.66. The second kappa shape index (κ2) is 3.05. The summed E-state index contributed by atoms with van der Waals surface area (Å²) in [5, 5.41) is 8.71. The fourth-order valence-corrected chi connectivity index (χ4v) is 1.12. The van der Waals surface area contributed by atoms with Crippen LogP contribution in [0.15, 0.2) is 12.2 Å². The molecule has 1 N–H and O–H groups in total. The van der Waals surface area contributed by atoms with Crippen molar-refractivity contribution < 1.29 is 14.6 Å². The minimum absolute atomic E-state index is 0.116. The summed E-state index contributed by atoms with van der Waals surface area (Å²) in [7, 11) is 0. The number of carbonyl (C=O) groups is 1. The number of rotatable bonds is 3. The van der Waals surface area contributed by atoms with Gasteiger partial charge in [-0.15, -0.1) is 0 Å². The Kier molecular flexibility index (Phi) is 2.29. The summed E-state index contributed by atoms with van der Waals surface area (Å²) in [4.78, 5) is 10.4. The largest absolute Gasteiger partial charge is 0.465 e. The third kappa shape index (κ3) is 1.80. The summed E-state index contributed by atoms with van der Waals surface area (Å²) in [5.74, 6) is 0.0830. The lowest BCUT2D eigenvalue weighted by atomic mass is 10.3. The van der Waals surface area contributed by atoms with Crippen molar-refractivity contribution in [1.82, 2.24) is 0 Å². The quantitative estimate of drug-likeness (QED) is 0.473. The first-order valence-corrected chi connectivity index (χ1v) is 3.59. The van der Waals surface area contributed by atoms with Crippen LogP contribution in [-0.2, 0) is 9.53 Å². The molecule has 62 valence electrons. The van der Waals surface area contributed by atoms with Gasteiger partial charge in [-0.05, 0) is 0 Å². The van der Waals surface area contributed by atoms with E-state index in [1.807, 2.05) is 0 Å². The minimum Gasteiger partial charge on any atom is -0.465 e. The van der Waals surface area contributed by atoms with E-state index in [0.717, 1.165) is 5.57 Å². The highest BCUT2D eigenvalue weighted by atomic mass is 16.5. The van der Waals surface area contributed by atoms with Crippen LogP contribution in [0.5, 0.6) is 0 Å². The van der Waals surface area contributed by atoms with Gasteiger partial charge in [0.15, 0.2) is 0 Å². The summed E-state index contributed by atoms with van der Waals surface area (Å²) in [6, 6.07) is 0. The molecule has 0 aromatic heterocycles. The summed E-state index contributed by atoms with van der Waals surface area (Å²) in [5.41, 5.74) is 0.994. The molecule has 0 bridgehead atoms. The van der Waals surface area contributed by atoms with Gasteiger partial charge in [-0.2, -0.15) is 0 Å². The van der Waals surface area contributed by atoms with E-state index in [9.17, 15) is 4.79 Å². The summed E-state index contributed by atoms with van der Waals surface area (Å²) in [6.45, 7) is 5.59. The van der Waals surface area contributed by atoms with Crippen molar-refractivity contribution in [3.8, 4) is 0 Å². The van der Waals surface area contributed by atoms with Gasteiger partial charge in [-0.25, -0.2) is 0 Å². The van der Waals surface area contributed by atoms with Crippen molar-refractivity contribution in [1.29, 1.82) is 0 Å². The van der Waals surface area contributed by atoms with Crippen molar-refractivity contribution >= 4 is 5.97 Å². The second-order valence-electron chi connectivity index (χ2n) is 2.77. The number of aliphatic hydroxyl groups is 1. The molecular formula is C8H12O3. The van der Waals surface area contributed by atoms with Crippen LogP contribution in [0.1, 0.15) is 6.92 Å². The third-order valence-corrected chi connectivity index (χ3v) is 1.99. The van der Waals surface area contributed by atoms with Gasteiger partial charge in [0, 0.05) is 18.8 Å². The SMILES string of the molecule is C=C1[C@@H](COC(C)=O)[C@H]1CO. The topological polar surface area (TPSA) is 46.5 Å². The standard InChI is InChI=1S/C8H12O3/c1-5-7(3-9)8(5)4-11-6(2)10/h7-9H,1,3-4H2,2H3/t7-,8+/m0/s1. The predicted molar refractivity (Wildman–Crippen MR) is 39.8 cm³/mol. The number of ether oxygens (including phenoxy) is 1. The van der Waals surface area contributed by atoms with Crippen LogP contribution in [-0.4, -0.2) is 24.3 Å². The fraction of sp³-hybridized carbons (Fsp3) is 0.625. The van der Waals surface area contributed by atoms with Crippen LogP contribution in [0.2, 0.25) is 0 Å². The van der Waals surface area contributed by atoms with Crippen LogP contribution in [0.4, 0.5) is 0 Å². The van der Waals surface area contributed by atoms with E-state index in [1.165, 1.54) is 6.92 Å². The highest BCUT2D eigenvalue weighted by Crippen LogP contribution is 2.43. The molecule has 0 heterocycles. The number of carbonyl (C=O) groups excluding carboxylic acids is 1. The molecule has 0 radical (unpaired) electrons. The Morgan fingerprint density at radius 3 is 2.73 bits per heavy atom. The average Bonchev–Trinajstić information content (AvgIpc) is 2.56. The molecule has 0 spiro atoms. The van der Waals surface area contributed by atoms with Crippen LogP contribution in [0.3, 0.4) is 0 Å². The molecule has 1 saturated carbocycles. The van der Waals surface area contributed by atoms with Crippen molar-refractivity contribution in [3.05, 3.63) is 12.2 Å². The zero-order chi connectivity index (χ0) is 8.43. The van der Waals surface area contributed by atoms with E-state index in [2.05, 4.69) is 6.58 Å². The molecule has 3 heteroatoms. The van der Waals surface area contributed by atoms with Gasteiger partial charge in [0.25, 0.3) is 0 Å². The number of hydrogen-bond donors (Lipinski definition) is 1. The summed E-state index contributed by atoms with van der Waals surface area (Å²) < 4.78 is 4.76. The third-order valence-electron chi connectivity index (χ3n) is 1.99.